The lowest BCUT2D eigenvalue weighted by molar-refractivity contribution is 0.601. The Kier molecular flexibility index (Phi) is 3.42. The monoisotopic (exact) mass is 300 g/mol. The minimum absolute atomic E-state index is 0.0670. The number of nitrogens with one attached hydrogen (secondary N) is 2. The van der Waals surface area contributed by atoms with Crippen LogP contribution in [0.2, 0.25) is 5.02 Å². The third-order valence-electron chi connectivity index (χ3n) is 2.75. The Morgan fingerprint density at radius 3 is 2.58 bits per heavy atom. The summed E-state index contributed by atoms with van der Waals surface area (Å²) in [7, 11) is -3.87. The number of anilines is 2. The van der Waals surface area contributed by atoms with E-state index in [-0.39, 0.29) is 21.4 Å². The maximum Gasteiger partial charge on any atom is 0.266 e. The van der Waals surface area contributed by atoms with Gasteiger partial charge in [-0.3, -0.25) is 9.82 Å². The molecule has 0 spiro atoms. The second kappa shape index (κ2) is 4.75. The number of aryl methyl sites for hydroxylation is 1. The van der Waals surface area contributed by atoms with Gasteiger partial charge in [0.05, 0.1) is 10.7 Å². The summed E-state index contributed by atoms with van der Waals surface area (Å²) >= 11 is 5.90. The number of rotatable bonds is 3. The van der Waals surface area contributed by atoms with Crippen molar-refractivity contribution in [3.05, 3.63) is 34.5 Å². The van der Waals surface area contributed by atoms with Gasteiger partial charge in [0.2, 0.25) is 0 Å². The number of nitrogen functional groups attached to an aromatic ring is 1. The molecule has 1 aromatic heterocycles. The summed E-state index contributed by atoms with van der Waals surface area (Å²) in [6.45, 7) is 3.55. The van der Waals surface area contributed by atoms with E-state index in [0.717, 1.165) is 5.69 Å². The number of halogens is 1. The van der Waals surface area contributed by atoms with Crippen molar-refractivity contribution in [2.75, 3.05) is 10.5 Å². The van der Waals surface area contributed by atoms with E-state index in [9.17, 15) is 8.42 Å². The molecule has 2 aromatic rings. The van der Waals surface area contributed by atoms with Crippen molar-refractivity contribution >= 4 is 33.1 Å². The summed E-state index contributed by atoms with van der Waals surface area (Å²) in [6, 6.07) is 4.53. The van der Waals surface area contributed by atoms with Crippen molar-refractivity contribution in [1.82, 2.24) is 10.2 Å². The van der Waals surface area contributed by atoms with Gasteiger partial charge in [0.25, 0.3) is 10.0 Å². The van der Waals surface area contributed by atoms with E-state index in [1.807, 2.05) is 0 Å². The van der Waals surface area contributed by atoms with Crippen LogP contribution in [-0.2, 0) is 10.0 Å². The molecule has 1 aromatic carbocycles. The molecule has 0 aliphatic carbocycles. The average Bonchev–Trinajstić information content (AvgIpc) is 2.60. The maximum absolute atomic E-state index is 12.3. The van der Waals surface area contributed by atoms with E-state index in [2.05, 4.69) is 14.9 Å². The van der Waals surface area contributed by atoms with Crippen molar-refractivity contribution in [3.63, 3.8) is 0 Å². The van der Waals surface area contributed by atoms with Crippen molar-refractivity contribution in [1.29, 1.82) is 0 Å². The smallest absolute Gasteiger partial charge is 0.266 e. The third-order valence-corrected chi connectivity index (χ3v) is 4.63. The number of benzene rings is 1. The first kappa shape index (κ1) is 13.7. The van der Waals surface area contributed by atoms with Crippen LogP contribution in [0.15, 0.2) is 23.1 Å². The first-order chi connectivity index (χ1) is 8.83. The first-order valence-electron chi connectivity index (χ1n) is 5.41. The van der Waals surface area contributed by atoms with E-state index in [1.54, 1.807) is 19.9 Å². The molecule has 102 valence electrons. The van der Waals surface area contributed by atoms with Gasteiger partial charge >= 0.3 is 0 Å². The Hall–Kier alpha value is -1.73. The van der Waals surface area contributed by atoms with E-state index < -0.39 is 10.0 Å². The average molecular weight is 301 g/mol. The molecule has 0 aliphatic rings. The summed E-state index contributed by atoms with van der Waals surface area (Å²) in [5.74, 6) is 0.233. The van der Waals surface area contributed by atoms with Crippen LogP contribution in [0.1, 0.15) is 11.3 Å². The van der Waals surface area contributed by atoms with Crippen molar-refractivity contribution in [3.8, 4) is 0 Å². The Morgan fingerprint density at radius 2 is 2.05 bits per heavy atom. The molecule has 0 saturated heterocycles. The number of nitrogens with two attached hydrogens (primary N) is 1. The second-order valence-corrected chi connectivity index (χ2v) is 6.11. The largest absolute Gasteiger partial charge is 0.398 e. The van der Waals surface area contributed by atoms with Crippen LogP contribution in [0.4, 0.5) is 11.5 Å². The Bertz CT molecular complexity index is 704. The highest BCUT2D eigenvalue weighted by atomic mass is 35.5. The molecule has 0 radical (unpaired) electrons. The Labute approximate surface area is 116 Å². The number of hydrogen-bond donors (Lipinski definition) is 3. The molecule has 4 N–H and O–H groups in total. The van der Waals surface area contributed by atoms with Crippen LogP contribution >= 0.6 is 11.6 Å². The van der Waals surface area contributed by atoms with Crippen LogP contribution < -0.4 is 10.5 Å². The summed E-state index contributed by atoms with van der Waals surface area (Å²) in [5.41, 5.74) is 7.26. The summed E-state index contributed by atoms with van der Waals surface area (Å²) < 4.78 is 26.9. The fraction of sp³-hybridized carbons (Fsp3) is 0.182. The maximum atomic E-state index is 12.3. The standard InChI is InChI=1S/C11H13ClN4O2S/c1-6-7(2)14-15-11(6)16-19(17,18)10-8(12)4-3-5-9(10)13/h3-5H,13H2,1-2H3,(H2,14,15,16). The quantitative estimate of drug-likeness (QED) is 0.755. The fourth-order valence-electron chi connectivity index (χ4n) is 1.57. The van der Waals surface area contributed by atoms with Gasteiger partial charge in [-0.25, -0.2) is 8.42 Å². The number of aromatic nitrogens is 2. The zero-order valence-corrected chi connectivity index (χ0v) is 11.9. The topological polar surface area (TPSA) is 101 Å². The summed E-state index contributed by atoms with van der Waals surface area (Å²) in [4.78, 5) is -0.142. The van der Waals surface area contributed by atoms with Crippen LogP contribution in [0.3, 0.4) is 0 Å². The summed E-state index contributed by atoms with van der Waals surface area (Å²) in [5, 5.41) is 6.65. The molecular formula is C11H13ClN4O2S. The molecule has 6 nitrogen and oxygen atoms in total. The fourth-order valence-corrected chi connectivity index (χ4v) is 3.32. The highest BCUT2D eigenvalue weighted by molar-refractivity contribution is 7.93. The van der Waals surface area contributed by atoms with Gasteiger partial charge in [-0.2, -0.15) is 5.10 Å². The molecule has 8 heteroatoms. The molecule has 0 saturated carbocycles. The van der Waals surface area contributed by atoms with Crippen molar-refractivity contribution < 1.29 is 8.42 Å². The first-order valence-corrected chi connectivity index (χ1v) is 7.27. The van der Waals surface area contributed by atoms with Gasteiger partial charge in [-0.1, -0.05) is 17.7 Å². The van der Waals surface area contributed by atoms with Crippen LogP contribution in [0.25, 0.3) is 0 Å². The number of hydrogen-bond acceptors (Lipinski definition) is 4. The van der Waals surface area contributed by atoms with E-state index >= 15 is 0 Å². The molecule has 2 rings (SSSR count). The summed E-state index contributed by atoms with van der Waals surface area (Å²) in [6.07, 6.45) is 0. The molecule has 0 aliphatic heterocycles. The predicted molar refractivity (Wildman–Crippen MR) is 74.7 cm³/mol. The van der Waals surface area contributed by atoms with E-state index in [4.69, 9.17) is 17.3 Å². The third kappa shape index (κ3) is 2.52. The number of sulfonamides is 1. The normalized spacial score (nSPS) is 11.5. The molecular weight excluding hydrogens is 288 g/mol. The van der Waals surface area contributed by atoms with Gasteiger partial charge in [-0.05, 0) is 26.0 Å². The zero-order valence-electron chi connectivity index (χ0n) is 10.4. The highest BCUT2D eigenvalue weighted by Gasteiger charge is 2.23. The van der Waals surface area contributed by atoms with Crippen LogP contribution in [-0.4, -0.2) is 18.6 Å². The van der Waals surface area contributed by atoms with E-state index in [0.29, 0.717) is 5.56 Å². The second-order valence-electron chi connectivity index (χ2n) is 4.09. The zero-order chi connectivity index (χ0) is 14.2. The number of aromatic amines is 1. The van der Waals surface area contributed by atoms with Gasteiger partial charge in [-0.15, -0.1) is 0 Å². The minimum atomic E-state index is -3.87. The molecule has 0 amide bonds. The Balaban J connectivity index is 2.47. The molecule has 19 heavy (non-hydrogen) atoms. The van der Waals surface area contributed by atoms with Crippen molar-refractivity contribution in [2.24, 2.45) is 0 Å². The lowest BCUT2D eigenvalue weighted by Gasteiger charge is -2.10. The van der Waals surface area contributed by atoms with Crippen LogP contribution in [0, 0.1) is 13.8 Å². The Morgan fingerprint density at radius 1 is 1.37 bits per heavy atom. The van der Waals surface area contributed by atoms with Crippen molar-refractivity contribution in [2.45, 2.75) is 18.7 Å². The number of H-pyrrole nitrogens is 1. The van der Waals surface area contributed by atoms with Crippen LogP contribution in [0.5, 0.6) is 0 Å². The molecule has 0 atom stereocenters. The molecule has 1 heterocycles. The molecule has 0 fully saturated rings. The van der Waals surface area contributed by atoms with Gasteiger partial charge in [0, 0.05) is 11.3 Å². The van der Waals surface area contributed by atoms with Gasteiger partial charge in [0.15, 0.2) is 5.82 Å². The highest BCUT2D eigenvalue weighted by Crippen LogP contribution is 2.29. The lowest BCUT2D eigenvalue weighted by atomic mass is 10.3. The van der Waals surface area contributed by atoms with E-state index in [1.165, 1.54) is 12.1 Å². The number of nitrogens with zero attached hydrogens (tertiary/aromatic N) is 1. The van der Waals surface area contributed by atoms with Gasteiger partial charge < -0.3 is 5.73 Å². The molecule has 0 bridgehead atoms. The lowest BCUT2D eigenvalue weighted by Crippen LogP contribution is -2.16. The van der Waals surface area contributed by atoms with Gasteiger partial charge in [0.1, 0.15) is 4.90 Å². The molecule has 0 unspecified atom stereocenters. The SMILES string of the molecule is Cc1[nH]nc(NS(=O)(=O)c2c(N)cccc2Cl)c1C. The minimum Gasteiger partial charge on any atom is -0.398 e. The predicted octanol–water partition coefficient (Wildman–Crippen LogP) is 2.06.